The van der Waals surface area contributed by atoms with Crippen LogP contribution in [0.3, 0.4) is 0 Å². The van der Waals surface area contributed by atoms with Crippen LogP contribution in [0.25, 0.3) is 10.9 Å². The van der Waals surface area contributed by atoms with Gasteiger partial charge in [-0.3, -0.25) is 9.48 Å². The van der Waals surface area contributed by atoms with Crippen LogP contribution in [0.2, 0.25) is 5.02 Å². The number of nitrogens with zero attached hydrogens (tertiary/aromatic N) is 3. The zero-order valence-corrected chi connectivity index (χ0v) is 16.6. The van der Waals surface area contributed by atoms with Gasteiger partial charge in [0.2, 0.25) is 0 Å². The molecule has 0 radical (unpaired) electrons. The Morgan fingerprint density at radius 2 is 2.10 bits per heavy atom. The Morgan fingerprint density at radius 3 is 2.97 bits per heavy atom. The van der Waals surface area contributed by atoms with Gasteiger partial charge in [0.1, 0.15) is 18.2 Å². The zero-order chi connectivity index (χ0) is 20.9. The smallest absolute Gasteiger partial charge is 0.273 e. The summed E-state index contributed by atoms with van der Waals surface area (Å²) in [5.41, 5.74) is 1.22. The van der Waals surface area contributed by atoms with Crippen molar-refractivity contribution in [3.8, 4) is 5.75 Å². The number of carbonyl (C=O) groups is 1. The standard InChI is InChI=1S/C21H18ClFN4O3/c22-17-10-15(23)6-7-20(17)29-13-16-11-18(26-30-16)21(28)24-8-3-9-27-19-5-2-1-4-14(19)12-25-27/h1-2,4-7,10-12H,3,8-9,13H2,(H,24,28). The van der Waals surface area contributed by atoms with Crippen LogP contribution in [0, 0.1) is 5.82 Å². The molecule has 0 saturated carbocycles. The molecular weight excluding hydrogens is 411 g/mol. The molecule has 30 heavy (non-hydrogen) atoms. The van der Waals surface area contributed by atoms with E-state index < -0.39 is 5.82 Å². The van der Waals surface area contributed by atoms with Gasteiger partial charge in [0.15, 0.2) is 11.5 Å². The summed E-state index contributed by atoms with van der Waals surface area (Å²) in [5, 5.41) is 12.2. The topological polar surface area (TPSA) is 82.2 Å². The highest BCUT2D eigenvalue weighted by Gasteiger charge is 2.13. The van der Waals surface area contributed by atoms with E-state index in [1.165, 1.54) is 18.2 Å². The Morgan fingerprint density at radius 1 is 1.23 bits per heavy atom. The molecule has 0 aliphatic heterocycles. The fourth-order valence-corrected chi connectivity index (χ4v) is 3.18. The number of aryl methyl sites for hydroxylation is 1. The van der Waals surface area contributed by atoms with Gasteiger partial charge >= 0.3 is 0 Å². The number of nitrogens with one attached hydrogen (secondary N) is 1. The minimum absolute atomic E-state index is 0.0119. The number of carbonyl (C=O) groups excluding carboxylic acids is 1. The van der Waals surface area contributed by atoms with Gasteiger partial charge in [0, 0.05) is 24.5 Å². The van der Waals surface area contributed by atoms with E-state index in [9.17, 15) is 9.18 Å². The van der Waals surface area contributed by atoms with Crippen LogP contribution in [0.15, 0.2) is 59.3 Å². The monoisotopic (exact) mass is 428 g/mol. The summed E-state index contributed by atoms with van der Waals surface area (Å²) >= 11 is 5.91. The summed E-state index contributed by atoms with van der Waals surface area (Å²) in [4.78, 5) is 12.2. The van der Waals surface area contributed by atoms with Crippen molar-refractivity contribution in [2.75, 3.05) is 6.54 Å². The Balaban J connectivity index is 1.24. The van der Waals surface area contributed by atoms with Crippen LogP contribution in [0.5, 0.6) is 5.75 Å². The van der Waals surface area contributed by atoms with Gasteiger partial charge in [0.25, 0.3) is 5.91 Å². The van der Waals surface area contributed by atoms with E-state index in [2.05, 4.69) is 15.6 Å². The first-order valence-electron chi connectivity index (χ1n) is 9.32. The quantitative estimate of drug-likeness (QED) is 0.425. The molecule has 154 valence electrons. The number of fused-ring (bicyclic) bond motifs is 1. The van der Waals surface area contributed by atoms with E-state index in [0.717, 1.165) is 17.0 Å². The van der Waals surface area contributed by atoms with Crippen molar-refractivity contribution in [1.82, 2.24) is 20.3 Å². The Kier molecular flexibility index (Phi) is 5.94. The molecule has 0 unspecified atom stereocenters. The van der Waals surface area contributed by atoms with Gasteiger partial charge in [-0.2, -0.15) is 5.10 Å². The summed E-state index contributed by atoms with van der Waals surface area (Å²) < 4.78 is 25.6. The molecule has 0 spiro atoms. The molecule has 1 amide bonds. The number of hydrogen-bond donors (Lipinski definition) is 1. The van der Waals surface area contributed by atoms with Gasteiger partial charge in [-0.15, -0.1) is 0 Å². The van der Waals surface area contributed by atoms with Crippen molar-refractivity contribution >= 4 is 28.4 Å². The lowest BCUT2D eigenvalue weighted by molar-refractivity contribution is 0.0943. The minimum Gasteiger partial charge on any atom is -0.484 e. The third kappa shape index (κ3) is 4.60. The molecule has 2 aromatic carbocycles. The lowest BCUT2D eigenvalue weighted by atomic mass is 10.2. The van der Waals surface area contributed by atoms with E-state index in [0.29, 0.717) is 31.0 Å². The molecule has 1 N–H and O–H groups in total. The lowest BCUT2D eigenvalue weighted by Gasteiger charge is -2.05. The number of para-hydroxylation sites is 1. The molecule has 0 saturated heterocycles. The SMILES string of the molecule is O=C(NCCCn1ncc2ccccc21)c1cc(COc2ccc(F)cc2Cl)on1. The van der Waals surface area contributed by atoms with Gasteiger partial charge < -0.3 is 14.6 Å². The summed E-state index contributed by atoms with van der Waals surface area (Å²) in [6.07, 6.45) is 2.54. The maximum absolute atomic E-state index is 13.1. The lowest BCUT2D eigenvalue weighted by Crippen LogP contribution is -2.25. The first kappa shape index (κ1) is 19.9. The van der Waals surface area contributed by atoms with Crippen LogP contribution in [0.4, 0.5) is 4.39 Å². The summed E-state index contributed by atoms with van der Waals surface area (Å²) in [6, 6.07) is 13.3. The number of amides is 1. The van der Waals surface area contributed by atoms with Gasteiger partial charge in [-0.25, -0.2) is 4.39 Å². The number of ether oxygens (including phenoxy) is 1. The molecule has 7 nitrogen and oxygen atoms in total. The Hall–Kier alpha value is -3.39. The Labute approximate surface area is 176 Å². The predicted octanol–water partition coefficient (Wildman–Crippen LogP) is 4.22. The van der Waals surface area contributed by atoms with E-state index in [1.54, 1.807) is 0 Å². The summed E-state index contributed by atoms with van der Waals surface area (Å²) in [5.74, 6) is -0.128. The predicted molar refractivity (Wildman–Crippen MR) is 109 cm³/mol. The number of benzene rings is 2. The molecule has 2 aromatic heterocycles. The van der Waals surface area contributed by atoms with Gasteiger partial charge in [-0.05, 0) is 30.7 Å². The van der Waals surface area contributed by atoms with Crippen LogP contribution in [-0.4, -0.2) is 27.4 Å². The van der Waals surface area contributed by atoms with Crippen molar-refractivity contribution < 1.29 is 18.4 Å². The average Bonchev–Trinajstić information content (AvgIpc) is 3.38. The van der Waals surface area contributed by atoms with E-state index in [4.69, 9.17) is 20.9 Å². The van der Waals surface area contributed by atoms with Crippen LogP contribution >= 0.6 is 11.6 Å². The summed E-state index contributed by atoms with van der Waals surface area (Å²) in [7, 11) is 0. The van der Waals surface area contributed by atoms with Crippen molar-refractivity contribution in [2.45, 2.75) is 19.6 Å². The molecule has 0 fully saturated rings. The van der Waals surface area contributed by atoms with Crippen LogP contribution < -0.4 is 10.1 Å². The molecule has 9 heteroatoms. The summed E-state index contributed by atoms with van der Waals surface area (Å²) in [6.45, 7) is 1.17. The van der Waals surface area contributed by atoms with Gasteiger partial charge in [-0.1, -0.05) is 35.0 Å². The molecule has 4 rings (SSSR count). The van der Waals surface area contributed by atoms with Crippen molar-refractivity contribution in [2.24, 2.45) is 0 Å². The number of aromatic nitrogens is 3. The second-order valence-corrected chi connectivity index (χ2v) is 6.99. The molecule has 2 heterocycles. The number of hydrogen-bond acceptors (Lipinski definition) is 5. The largest absolute Gasteiger partial charge is 0.484 e. The van der Waals surface area contributed by atoms with Crippen LogP contribution in [0.1, 0.15) is 22.7 Å². The zero-order valence-electron chi connectivity index (χ0n) is 15.8. The first-order valence-corrected chi connectivity index (χ1v) is 9.70. The highest BCUT2D eigenvalue weighted by atomic mass is 35.5. The highest BCUT2D eigenvalue weighted by Crippen LogP contribution is 2.25. The van der Waals surface area contributed by atoms with Crippen LogP contribution in [-0.2, 0) is 13.2 Å². The van der Waals surface area contributed by atoms with Crippen molar-refractivity contribution in [3.05, 3.63) is 77.0 Å². The maximum atomic E-state index is 13.1. The Bertz CT molecular complexity index is 1170. The number of halogens is 2. The fourth-order valence-electron chi connectivity index (χ4n) is 2.95. The van der Waals surface area contributed by atoms with E-state index in [-0.39, 0.29) is 23.2 Å². The molecule has 0 atom stereocenters. The van der Waals surface area contributed by atoms with E-state index >= 15 is 0 Å². The second kappa shape index (κ2) is 8.96. The van der Waals surface area contributed by atoms with Crippen molar-refractivity contribution in [3.63, 3.8) is 0 Å². The molecule has 0 aliphatic rings. The number of rotatable bonds is 8. The maximum Gasteiger partial charge on any atom is 0.273 e. The third-order valence-electron chi connectivity index (χ3n) is 4.44. The van der Waals surface area contributed by atoms with Gasteiger partial charge in [0.05, 0.1) is 16.7 Å². The fraction of sp³-hybridized carbons (Fsp3) is 0.190. The third-order valence-corrected chi connectivity index (χ3v) is 4.73. The second-order valence-electron chi connectivity index (χ2n) is 6.58. The first-order chi connectivity index (χ1) is 14.6. The molecule has 0 aliphatic carbocycles. The molecule has 0 bridgehead atoms. The van der Waals surface area contributed by atoms with Crippen molar-refractivity contribution in [1.29, 1.82) is 0 Å². The molecular formula is C21H18ClFN4O3. The van der Waals surface area contributed by atoms with E-state index in [1.807, 2.05) is 35.1 Å². The molecule has 4 aromatic rings. The average molecular weight is 429 g/mol. The normalized spacial score (nSPS) is 11.0. The highest BCUT2D eigenvalue weighted by molar-refractivity contribution is 6.32. The minimum atomic E-state index is -0.452.